The van der Waals surface area contributed by atoms with Crippen LogP contribution in [0, 0.1) is 6.92 Å². The van der Waals surface area contributed by atoms with Gasteiger partial charge in [-0.1, -0.05) is 41.8 Å². The summed E-state index contributed by atoms with van der Waals surface area (Å²) < 4.78 is 0.795. The topological polar surface area (TPSA) is 66.4 Å². The van der Waals surface area contributed by atoms with E-state index in [1.807, 2.05) is 26.0 Å². The SMILES string of the molecule is CCCCC(NC(=O)c1cc(Br)ccc1C)C(=O)O. The van der Waals surface area contributed by atoms with Crippen LogP contribution in [0.2, 0.25) is 0 Å². The van der Waals surface area contributed by atoms with E-state index >= 15 is 0 Å². The van der Waals surface area contributed by atoms with Crippen LogP contribution in [0.1, 0.15) is 42.1 Å². The highest BCUT2D eigenvalue weighted by atomic mass is 79.9. The van der Waals surface area contributed by atoms with Crippen LogP contribution in [0.15, 0.2) is 22.7 Å². The minimum atomic E-state index is -0.991. The zero-order chi connectivity index (χ0) is 14.4. The predicted octanol–water partition coefficient (Wildman–Crippen LogP) is 3.13. The van der Waals surface area contributed by atoms with Gasteiger partial charge in [-0.25, -0.2) is 4.79 Å². The molecule has 0 aromatic heterocycles. The molecule has 104 valence electrons. The van der Waals surface area contributed by atoms with Crippen molar-refractivity contribution in [2.45, 2.75) is 39.2 Å². The van der Waals surface area contributed by atoms with E-state index in [4.69, 9.17) is 5.11 Å². The second kappa shape index (κ2) is 7.28. The molecule has 0 bridgehead atoms. The van der Waals surface area contributed by atoms with Gasteiger partial charge in [0.1, 0.15) is 6.04 Å². The number of nitrogens with one attached hydrogen (secondary N) is 1. The van der Waals surface area contributed by atoms with Gasteiger partial charge in [0.25, 0.3) is 5.91 Å². The first kappa shape index (κ1) is 15.7. The lowest BCUT2D eigenvalue weighted by molar-refractivity contribution is -0.139. The molecule has 1 aromatic rings. The summed E-state index contributed by atoms with van der Waals surface area (Å²) in [6.45, 7) is 3.81. The Hall–Kier alpha value is -1.36. The van der Waals surface area contributed by atoms with Crippen molar-refractivity contribution >= 4 is 27.8 Å². The second-order valence-electron chi connectivity index (χ2n) is 4.47. The molecule has 1 aromatic carbocycles. The normalized spacial score (nSPS) is 11.9. The van der Waals surface area contributed by atoms with E-state index in [-0.39, 0.29) is 5.91 Å². The Labute approximate surface area is 121 Å². The number of unbranched alkanes of at least 4 members (excludes halogenated alkanes) is 1. The monoisotopic (exact) mass is 327 g/mol. The van der Waals surface area contributed by atoms with Gasteiger partial charge in [0.05, 0.1) is 0 Å². The smallest absolute Gasteiger partial charge is 0.326 e. The maximum atomic E-state index is 12.1. The molecule has 1 amide bonds. The first-order chi connectivity index (χ1) is 8.95. The van der Waals surface area contributed by atoms with Crippen molar-refractivity contribution in [3.05, 3.63) is 33.8 Å². The standard InChI is InChI=1S/C14H18BrNO3/c1-3-4-5-12(14(18)19)16-13(17)11-8-10(15)7-6-9(11)2/h6-8,12H,3-5H2,1-2H3,(H,16,17)(H,18,19). The largest absolute Gasteiger partial charge is 0.480 e. The number of carboxylic acid groups (broad SMARTS) is 1. The van der Waals surface area contributed by atoms with Crippen LogP contribution in [0.4, 0.5) is 0 Å². The van der Waals surface area contributed by atoms with Crippen LogP contribution in [-0.2, 0) is 4.79 Å². The van der Waals surface area contributed by atoms with Gasteiger partial charge < -0.3 is 10.4 Å². The first-order valence-electron chi connectivity index (χ1n) is 6.25. The van der Waals surface area contributed by atoms with Crippen molar-refractivity contribution in [1.29, 1.82) is 0 Å². The van der Waals surface area contributed by atoms with E-state index in [0.717, 1.165) is 22.9 Å². The number of benzene rings is 1. The molecule has 0 fully saturated rings. The lowest BCUT2D eigenvalue weighted by atomic mass is 10.1. The van der Waals surface area contributed by atoms with E-state index in [1.165, 1.54) is 0 Å². The van der Waals surface area contributed by atoms with E-state index < -0.39 is 12.0 Å². The maximum Gasteiger partial charge on any atom is 0.326 e. The van der Waals surface area contributed by atoms with Gasteiger partial charge in [0.15, 0.2) is 0 Å². The van der Waals surface area contributed by atoms with Gasteiger partial charge in [-0.15, -0.1) is 0 Å². The Kier molecular flexibility index (Phi) is 6.02. The highest BCUT2D eigenvalue weighted by molar-refractivity contribution is 9.10. The van der Waals surface area contributed by atoms with Gasteiger partial charge in [-0.3, -0.25) is 4.79 Å². The van der Waals surface area contributed by atoms with Crippen LogP contribution in [0.3, 0.4) is 0 Å². The van der Waals surface area contributed by atoms with Gasteiger partial charge >= 0.3 is 5.97 Å². The van der Waals surface area contributed by atoms with E-state index in [1.54, 1.807) is 6.07 Å². The molecule has 0 spiro atoms. The second-order valence-corrected chi connectivity index (χ2v) is 5.38. The fourth-order valence-electron chi connectivity index (χ4n) is 1.74. The number of hydrogen-bond donors (Lipinski definition) is 2. The van der Waals surface area contributed by atoms with Crippen molar-refractivity contribution in [2.75, 3.05) is 0 Å². The Morgan fingerprint density at radius 3 is 2.68 bits per heavy atom. The number of carbonyl (C=O) groups is 2. The van der Waals surface area contributed by atoms with Gasteiger partial charge in [0, 0.05) is 10.0 Å². The van der Waals surface area contributed by atoms with Crippen LogP contribution in [0.25, 0.3) is 0 Å². The molecule has 0 radical (unpaired) electrons. The van der Waals surface area contributed by atoms with Crippen LogP contribution >= 0.6 is 15.9 Å². The van der Waals surface area contributed by atoms with Gasteiger partial charge in [-0.2, -0.15) is 0 Å². The molecule has 0 aliphatic carbocycles. The molecule has 1 atom stereocenters. The zero-order valence-electron chi connectivity index (χ0n) is 11.1. The fraction of sp³-hybridized carbons (Fsp3) is 0.429. The molecule has 1 rings (SSSR count). The van der Waals surface area contributed by atoms with Gasteiger partial charge in [-0.05, 0) is 31.0 Å². The molecule has 0 saturated heterocycles. The van der Waals surface area contributed by atoms with Crippen LogP contribution in [0.5, 0.6) is 0 Å². The third-order valence-corrected chi connectivity index (χ3v) is 3.39. The summed E-state index contributed by atoms with van der Waals surface area (Å²) >= 11 is 3.31. The van der Waals surface area contributed by atoms with Crippen molar-refractivity contribution in [2.24, 2.45) is 0 Å². The molecule has 5 heteroatoms. The minimum Gasteiger partial charge on any atom is -0.480 e. The first-order valence-corrected chi connectivity index (χ1v) is 7.04. The Bertz CT molecular complexity index is 474. The number of hydrogen-bond acceptors (Lipinski definition) is 2. The highest BCUT2D eigenvalue weighted by Gasteiger charge is 2.20. The number of carbonyl (C=O) groups excluding carboxylic acids is 1. The van der Waals surface area contributed by atoms with Gasteiger partial charge in [0.2, 0.25) is 0 Å². The lowest BCUT2D eigenvalue weighted by Gasteiger charge is -2.15. The lowest BCUT2D eigenvalue weighted by Crippen LogP contribution is -2.41. The number of carboxylic acids is 1. The van der Waals surface area contributed by atoms with Crippen LogP contribution < -0.4 is 5.32 Å². The summed E-state index contributed by atoms with van der Waals surface area (Å²) in [5.74, 6) is -1.34. The Morgan fingerprint density at radius 2 is 2.11 bits per heavy atom. The molecule has 4 nitrogen and oxygen atoms in total. The maximum absolute atomic E-state index is 12.1. The van der Waals surface area contributed by atoms with Crippen molar-refractivity contribution in [3.8, 4) is 0 Å². The number of aryl methyl sites for hydroxylation is 1. The number of aliphatic carboxylic acids is 1. The third-order valence-electron chi connectivity index (χ3n) is 2.89. The highest BCUT2D eigenvalue weighted by Crippen LogP contribution is 2.16. The molecular weight excluding hydrogens is 310 g/mol. The molecule has 1 unspecified atom stereocenters. The van der Waals surface area contributed by atoms with Crippen molar-refractivity contribution < 1.29 is 14.7 Å². The molecule has 0 saturated carbocycles. The Balaban J connectivity index is 2.81. The predicted molar refractivity (Wildman–Crippen MR) is 77.3 cm³/mol. The summed E-state index contributed by atoms with van der Waals surface area (Å²) in [5, 5.41) is 11.7. The molecule has 19 heavy (non-hydrogen) atoms. The van der Waals surface area contributed by atoms with Crippen molar-refractivity contribution in [1.82, 2.24) is 5.32 Å². The molecule has 2 N–H and O–H groups in total. The number of rotatable bonds is 6. The molecule has 0 aliphatic heterocycles. The molecular formula is C14H18BrNO3. The fourth-order valence-corrected chi connectivity index (χ4v) is 2.10. The average molecular weight is 328 g/mol. The quantitative estimate of drug-likeness (QED) is 0.843. The number of amides is 1. The Morgan fingerprint density at radius 1 is 1.42 bits per heavy atom. The average Bonchev–Trinajstić information content (AvgIpc) is 2.36. The van der Waals surface area contributed by atoms with E-state index in [0.29, 0.717) is 12.0 Å². The summed E-state index contributed by atoms with van der Waals surface area (Å²) in [6, 6.07) is 4.54. The van der Waals surface area contributed by atoms with E-state index in [2.05, 4.69) is 21.2 Å². The minimum absolute atomic E-state index is 0.345. The van der Waals surface area contributed by atoms with Crippen molar-refractivity contribution in [3.63, 3.8) is 0 Å². The number of halogens is 1. The summed E-state index contributed by atoms with van der Waals surface area (Å²) in [6.07, 6.45) is 2.12. The summed E-state index contributed by atoms with van der Waals surface area (Å²) in [5.41, 5.74) is 1.32. The summed E-state index contributed by atoms with van der Waals surface area (Å²) in [7, 11) is 0. The van der Waals surface area contributed by atoms with E-state index in [9.17, 15) is 9.59 Å². The molecule has 0 heterocycles. The molecule has 0 aliphatic rings. The van der Waals surface area contributed by atoms with Crippen LogP contribution in [-0.4, -0.2) is 23.0 Å². The summed E-state index contributed by atoms with van der Waals surface area (Å²) in [4.78, 5) is 23.2. The zero-order valence-corrected chi connectivity index (χ0v) is 12.7. The third kappa shape index (κ3) is 4.67.